The van der Waals surface area contributed by atoms with E-state index in [9.17, 15) is 4.39 Å². The number of rotatable bonds is 5. The van der Waals surface area contributed by atoms with Gasteiger partial charge in [-0.2, -0.15) is 5.10 Å². The molecule has 0 amide bonds. The van der Waals surface area contributed by atoms with Crippen molar-refractivity contribution < 1.29 is 9.50 Å². The Labute approximate surface area is 123 Å². The first-order valence-corrected chi connectivity index (χ1v) is 7.34. The maximum atomic E-state index is 13.1. The molecule has 0 fully saturated rings. The largest absolute Gasteiger partial charge is 0.395 e. The fourth-order valence-electron chi connectivity index (χ4n) is 2.94. The molecule has 0 saturated carbocycles. The van der Waals surface area contributed by atoms with Gasteiger partial charge in [0.1, 0.15) is 5.82 Å². The monoisotopic (exact) mass is 289 g/mol. The topological polar surface area (TPSA) is 41.3 Å². The van der Waals surface area contributed by atoms with Crippen LogP contribution < -0.4 is 0 Å². The average molecular weight is 289 g/mol. The van der Waals surface area contributed by atoms with E-state index in [0.29, 0.717) is 6.54 Å². The number of nitrogens with zero attached hydrogens (tertiary/aromatic N) is 3. The quantitative estimate of drug-likeness (QED) is 0.914. The van der Waals surface area contributed by atoms with Crippen molar-refractivity contribution in [3.8, 4) is 5.69 Å². The number of fused-ring (bicyclic) bond motifs is 1. The Hall–Kier alpha value is -1.72. The molecule has 1 N–H and O–H groups in total. The van der Waals surface area contributed by atoms with Gasteiger partial charge in [-0.1, -0.05) is 0 Å². The molecule has 0 atom stereocenters. The van der Waals surface area contributed by atoms with Crippen molar-refractivity contribution in [2.75, 3.05) is 20.2 Å². The lowest BCUT2D eigenvalue weighted by molar-refractivity contribution is 0.215. The van der Waals surface area contributed by atoms with Crippen molar-refractivity contribution in [1.29, 1.82) is 0 Å². The molecule has 112 valence electrons. The van der Waals surface area contributed by atoms with Crippen LogP contribution in [0, 0.1) is 5.82 Å². The van der Waals surface area contributed by atoms with E-state index in [-0.39, 0.29) is 12.4 Å². The lowest BCUT2D eigenvalue weighted by atomic mass is 10.2. The maximum Gasteiger partial charge on any atom is 0.123 e. The Morgan fingerprint density at radius 3 is 2.76 bits per heavy atom. The van der Waals surface area contributed by atoms with Gasteiger partial charge in [0.15, 0.2) is 0 Å². The van der Waals surface area contributed by atoms with Gasteiger partial charge >= 0.3 is 0 Å². The molecule has 0 saturated heterocycles. The van der Waals surface area contributed by atoms with Gasteiger partial charge in [0.25, 0.3) is 0 Å². The summed E-state index contributed by atoms with van der Waals surface area (Å²) in [6, 6.07) is 6.47. The number of benzene rings is 1. The standard InChI is InChI=1S/C16H20FN3O/c1-19(9-10-21)11-15-14-3-2-4-16(14)20(18-15)13-7-5-12(17)6-8-13/h5-8,21H,2-4,9-11H2,1H3. The number of likely N-dealkylation sites (N-methyl/N-ethyl adjacent to an activating group) is 1. The minimum atomic E-state index is -0.231. The maximum absolute atomic E-state index is 13.1. The Morgan fingerprint density at radius 2 is 2.05 bits per heavy atom. The third kappa shape index (κ3) is 2.84. The SMILES string of the molecule is CN(CCO)Cc1nn(-c2ccc(F)cc2)c2c1CCC2. The van der Waals surface area contributed by atoms with Crippen molar-refractivity contribution in [3.05, 3.63) is 47.0 Å². The molecule has 4 nitrogen and oxygen atoms in total. The predicted molar refractivity (Wildman–Crippen MR) is 79.0 cm³/mol. The smallest absolute Gasteiger partial charge is 0.123 e. The van der Waals surface area contributed by atoms with Gasteiger partial charge in [0.05, 0.1) is 18.0 Å². The molecule has 3 rings (SSSR count). The minimum absolute atomic E-state index is 0.150. The van der Waals surface area contributed by atoms with E-state index in [1.165, 1.54) is 23.4 Å². The lowest BCUT2D eigenvalue weighted by Crippen LogP contribution is -2.22. The highest BCUT2D eigenvalue weighted by atomic mass is 19.1. The molecule has 0 radical (unpaired) electrons. The number of hydrogen-bond acceptors (Lipinski definition) is 3. The van der Waals surface area contributed by atoms with Gasteiger partial charge in [-0.15, -0.1) is 0 Å². The normalized spacial score (nSPS) is 13.9. The summed E-state index contributed by atoms with van der Waals surface area (Å²) in [6.45, 7) is 1.52. The van der Waals surface area contributed by atoms with E-state index in [1.807, 2.05) is 11.7 Å². The zero-order valence-corrected chi connectivity index (χ0v) is 12.2. The highest BCUT2D eigenvalue weighted by Crippen LogP contribution is 2.28. The molecule has 1 aromatic heterocycles. The molecule has 0 bridgehead atoms. The van der Waals surface area contributed by atoms with Crippen molar-refractivity contribution in [2.45, 2.75) is 25.8 Å². The van der Waals surface area contributed by atoms with Gasteiger partial charge in [-0.05, 0) is 56.1 Å². The van der Waals surface area contributed by atoms with Gasteiger partial charge in [0.2, 0.25) is 0 Å². The fourth-order valence-corrected chi connectivity index (χ4v) is 2.94. The second kappa shape index (κ2) is 5.95. The van der Waals surface area contributed by atoms with Crippen molar-refractivity contribution in [1.82, 2.24) is 14.7 Å². The van der Waals surface area contributed by atoms with Crippen LogP contribution in [0.3, 0.4) is 0 Å². The van der Waals surface area contributed by atoms with Crippen molar-refractivity contribution >= 4 is 0 Å². The van der Waals surface area contributed by atoms with Crippen LogP contribution in [0.5, 0.6) is 0 Å². The Balaban J connectivity index is 1.93. The molecule has 0 spiro atoms. The highest BCUT2D eigenvalue weighted by Gasteiger charge is 2.23. The highest BCUT2D eigenvalue weighted by molar-refractivity contribution is 5.40. The van der Waals surface area contributed by atoms with Crippen LogP contribution >= 0.6 is 0 Å². The zero-order chi connectivity index (χ0) is 14.8. The molecule has 1 heterocycles. The summed E-state index contributed by atoms with van der Waals surface area (Å²) in [4.78, 5) is 2.07. The number of halogens is 1. The molecule has 1 aliphatic carbocycles. The predicted octanol–water partition coefficient (Wildman–Crippen LogP) is 1.92. The third-order valence-corrected chi connectivity index (χ3v) is 3.99. The Kier molecular flexibility index (Phi) is 4.03. The zero-order valence-electron chi connectivity index (χ0n) is 12.2. The van der Waals surface area contributed by atoms with Gasteiger partial charge in [-0.25, -0.2) is 9.07 Å². The van der Waals surface area contributed by atoms with Crippen LogP contribution in [0.25, 0.3) is 5.69 Å². The van der Waals surface area contributed by atoms with E-state index >= 15 is 0 Å². The number of aromatic nitrogens is 2. The average Bonchev–Trinajstić information content (AvgIpc) is 3.04. The van der Waals surface area contributed by atoms with Crippen LogP contribution in [0.1, 0.15) is 23.4 Å². The van der Waals surface area contributed by atoms with E-state index < -0.39 is 0 Å². The molecule has 0 unspecified atom stereocenters. The summed E-state index contributed by atoms with van der Waals surface area (Å²) in [5.74, 6) is -0.231. The number of aliphatic hydroxyl groups is 1. The van der Waals surface area contributed by atoms with Crippen LogP contribution in [-0.2, 0) is 19.4 Å². The summed E-state index contributed by atoms with van der Waals surface area (Å²) in [5.41, 5.74) is 4.55. The molecular weight excluding hydrogens is 269 g/mol. The number of aliphatic hydroxyl groups excluding tert-OH is 1. The van der Waals surface area contributed by atoms with Crippen molar-refractivity contribution in [2.24, 2.45) is 0 Å². The number of hydrogen-bond donors (Lipinski definition) is 1. The van der Waals surface area contributed by atoms with Crippen LogP contribution in [-0.4, -0.2) is 40.0 Å². The molecule has 5 heteroatoms. The fraction of sp³-hybridized carbons (Fsp3) is 0.438. The summed E-state index contributed by atoms with van der Waals surface area (Å²) in [6.07, 6.45) is 3.22. The van der Waals surface area contributed by atoms with E-state index in [0.717, 1.165) is 37.2 Å². The van der Waals surface area contributed by atoms with E-state index in [4.69, 9.17) is 10.2 Å². The summed E-state index contributed by atoms with van der Waals surface area (Å²) in [7, 11) is 1.98. The Bertz CT molecular complexity index is 621. The van der Waals surface area contributed by atoms with Gasteiger partial charge in [0, 0.05) is 18.8 Å². The molecule has 21 heavy (non-hydrogen) atoms. The summed E-state index contributed by atoms with van der Waals surface area (Å²) >= 11 is 0. The Morgan fingerprint density at radius 1 is 1.29 bits per heavy atom. The second-order valence-corrected chi connectivity index (χ2v) is 5.58. The van der Waals surface area contributed by atoms with Gasteiger partial charge < -0.3 is 5.11 Å². The van der Waals surface area contributed by atoms with E-state index in [2.05, 4.69) is 4.90 Å². The van der Waals surface area contributed by atoms with Crippen molar-refractivity contribution in [3.63, 3.8) is 0 Å². The first-order chi connectivity index (χ1) is 10.2. The molecular formula is C16H20FN3O. The molecule has 1 aromatic carbocycles. The first-order valence-electron chi connectivity index (χ1n) is 7.34. The first kappa shape index (κ1) is 14.2. The molecule has 0 aliphatic heterocycles. The van der Waals surface area contributed by atoms with Crippen LogP contribution in [0.15, 0.2) is 24.3 Å². The summed E-state index contributed by atoms with van der Waals surface area (Å²) in [5, 5.41) is 13.7. The lowest BCUT2D eigenvalue weighted by Gasteiger charge is -2.13. The van der Waals surface area contributed by atoms with E-state index in [1.54, 1.807) is 12.1 Å². The van der Waals surface area contributed by atoms with Crippen LogP contribution in [0.4, 0.5) is 4.39 Å². The molecule has 2 aromatic rings. The second-order valence-electron chi connectivity index (χ2n) is 5.58. The van der Waals surface area contributed by atoms with Crippen LogP contribution in [0.2, 0.25) is 0 Å². The van der Waals surface area contributed by atoms with Gasteiger partial charge in [-0.3, -0.25) is 4.90 Å². The minimum Gasteiger partial charge on any atom is -0.395 e. The molecule has 1 aliphatic rings. The summed E-state index contributed by atoms with van der Waals surface area (Å²) < 4.78 is 15.0. The third-order valence-electron chi connectivity index (χ3n) is 3.99.